The number of H-pyrrole nitrogens is 1. The lowest BCUT2D eigenvalue weighted by atomic mass is 9.95. The van der Waals surface area contributed by atoms with Crippen LogP contribution in [0.2, 0.25) is 5.02 Å². The Bertz CT molecular complexity index is 920. The van der Waals surface area contributed by atoms with Gasteiger partial charge in [-0.3, -0.25) is 4.79 Å². The highest BCUT2D eigenvalue weighted by Gasteiger charge is 2.28. The van der Waals surface area contributed by atoms with Gasteiger partial charge >= 0.3 is 11.9 Å². The number of hydrogen-bond acceptors (Lipinski definition) is 6. The van der Waals surface area contributed by atoms with Gasteiger partial charge in [0.05, 0.1) is 12.1 Å². The number of anilines is 1. The van der Waals surface area contributed by atoms with Gasteiger partial charge in [0.2, 0.25) is 0 Å². The maximum absolute atomic E-state index is 12.0. The smallest absolute Gasteiger partial charge is 0.342 e. The molecule has 0 unspecified atom stereocenters. The standard InChI is InChI=1S/C14H11ClN2O7/c1-24-7-2-4(5(15)3-6(7)18)8-9(13(20)21)11(16)17-12(19)10(8)14(22)23/h2-3,18H,1H3,(H,20,21)(H,22,23)(H3,16,17,19). The van der Waals surface area contributed by atoms with Crippen LogP contribution in [0.3, 0.4) is 0 Å². The van der Waals surface area contributed by atoms with Gasteiger partial charge in [0, 0.05) is 17.2 Å². The highest BCUT2D eigenvalue weighted by atomic mass is 35.5. The molecule has 9 nitrogen and oxygen atoms in total. The summed E-state index contributed by atoms with van der Waals surface area (Å²) < 4.78 is 4.90. The number of nitrogens with one attached hydrogen (secondary N) is 1. The fourth-order valence-electron chi connectivity index (χ4n) is 2.21. The molecule has 0 aliphatic rings. The zero-order chi connectivity index (χ0) is 18.2. The highest BCUT2D eigenvalue weighted by Crippen LogP contribution is 2.40. The molecule has 6 N–H and O–H groups in total. The van der Waals surface area contributed by atoms with Gasteiger partial charge < -0.3 is 30.8 Å². The Balaban J connectivity index is 3.05. The van der Waals surface area contributed by atoms with Crippen molar-refractivity contribution in [3.05, 3.63) is 38.6 Å². The molecule has 0 saturated heterocycles. The summed E-state index contributed by atoms with van der Waals surface area (Å²) in [6.45, 7) is 0. The molecule has 126 valence electrons. The number of aromatic nitrogens is 1. The molecule has 2 rings (SSSR count). The molecule has 0 atom stereocenters. The third-order valence-corrected chi connectivity index (χ3v) is 3.52. The lowest BCUT2D eigenvalue weighted by Crippen LogP contribution is -2.24. The lowest BCUT2D eigenvalue weighted by Gasteiger charge is -2.15. The number of pyridine rings is 1. The maximum Gasteiger partial charge on any atom is 0.342 e. The number of phenolic OH excluding ortho intramolecular Hbond substituents is 1. The van der Waals surface area contributed by atoms with Crippen LogP contribution in [0.1, 0.15) is 20.7 Å². The number of carboxylic acids is 2. The quantitative estimate of drug-likeness (QED) is 0.549. The lowest BCUT2D eigenvalue weighted by molar-refractivity contribution is 0.0695. The van der Waals surface area contributed by atoms with Crippen LogP contribution < -0.4 is 16.0 Å². The van der Waals surface area contributed by atoms with Crippen LogP contribution in [0, 0.1) is 0 Å². The summed E-state index contributed by atoms with van der Waals surface area (Å²) in [4.78, 5) is 36.9. The summed E-state index contributed by atoms with van der Waals surface area (Å²) in [7, 11) is 1.23. The van der Waals surface area contributed by atoms with Gasteiger partial charge in [-0.25, -0.2) is 9.59 Å². The van der Waals surface area contributed by atoms with Gasteiger partial charge in [0.15, 0.2) is 11.5 Å². The van der Waals surface area contributed by atoms with Crippen LogP contribution >= 0.6 is 11.6 Å². The van der Waals surface area contributed by atoms with Crippen molar-refractivity contribution >= 4 is 29.4 Å². The molecule has 0 aliphatic heterocycles. The van der Waals surface area contributed by atoms with Crippen LogP contribution in [0.25, 0.3) is 11.1 Å². The number of halogens is 1. The number of hydrogen-bond donors (Lipinski definition) is 5. The van der Waals surface area contributed by atoms with Gasteiger partial charge in [-0.1, -0.05) is 11.6 Å². The van der Waals surface area contributed by atoms with E-state index < -0.39 is 40.0 Å². The first-order valence-electron chi connectivity index (χ1n) is 6.28. The van der Waals surface area contributed by atoms with E-state index in [1.807, 2.05) is 4.98 Å². The highest BCUT2D eigenvalue weighted by molar-refractivity contribution is 6.34. The van der Waals surface area contributed by atoms with Gasteiger partial charge in [0.25, 0.3) is 5.56 Å². The second-order valence-corrected chi connectivity index (χ2v) is 5.01. The molecule has 0 aliphatic carbocycles. The first-order chi connectivity index (χ1) is 11.2. The number of benzene rings is 1. The van der Waals surface area contributed by atoms with E-state index in [0.717, 1.165) is 12.1 Å². The van der Waals surface area contributed by atoms with Gasteiger partial charge in [-0.05, 0) is 6.07 Å². The molecule has 0 amide bonds. The topological polar surface area (TPSA) is 163 Å². The normalized spacial score (nSPS) is 10.4. The number of aromatic hydroxyl groups is 1. The Morgan fingerprint density at radius 1 is 1.21 bits per heavy atom. The molecule has 24 heavy (non-hydrogen) atoms. The average Bonchev–Trinajstić information content (AvgIpc) is 2.45. The number of methoxy groups -OCH3 is 1. The number of phenols is 1. The number of aromatic amines is 1. The van der Waals surface area contributed by atoms with Gasteiger partial charge in [-0.2, -0.15) is 0 Å². The van der Waals surface area contributed by atoms with Crippen molar-refractivity contribution in [1.29, 1.82) is 0 Å². The van der Waals surface area contributed by atoms with Crippen LogP contribution in [0.15, 0.2) is 16.9 Å². The zero-order valence-electron chi connectivity index (χ0n) is 12.1. The third-order valence-electron chi connectivity index (χ3n) is 3.21. The molecule has 0 radical (unpaired) electrons. The van der Waals surface area contributed by atoms with Crippen LogP contribution in [0.4, 0.5) is 5.82 Å². The average molecular weight is 355 g/mol. The number of carbonyl (C=O) groups is 2. The molecule has 0 fully saturated rings. The molecule has 2 aromatic rings. The van der Waals surface area contributed by atoms with Crippen molar-refractivity contribution in [2.45, 2.75) is 0 Å². The first-order valence-corrected chi connectivity index (χ1v) is 6.66. The van der Waals surface area contributed by atoms with Crippen molar-refractivity contribution in [2.75, 3.05) is 12.8 Å². The van der Waals surface area contributed by atoms with Crippen molar-refractivity contribution in [1.82, 2.24) is 4.98 Å². The molecule has 1 aromatic carbocycles. The number of carboxylic acid groups (broad SMARTS) is 2. The van der Waals surface area contributed by atoms with E-state index in [4.69, 9.17) is 22.1 Å². The van der Waals surface area contributed by atoms with Gasteiger partial charge in [-0.15, -0.1) is 0 Å². The fourth-order valence-corrected chi connectivity index (χ4v) is 2.47. The molecular weight excluding hydrogens is 344 g/mol. The third kappa shape index (κ3) is 2.72. The summed E-state index contributed by atoms with van der Waals surface area (Å²) >= 11 is 6.00. The predicted octanol–water partition coefficient (Wildman–Crippen LogP) is 1.39. The summed E-state index contributed by atoms with van der Waals surface area (Å²) in [5, 5.41) is 28.2. The second kappa shape index (κ2) is 6.13. The van der Waals surface area contributed by atoms with Crippen LogP contribution in [0.5, 0.6) is 11.5 Å². The van der Waals surface area contributed by atoms with Crippen molar-refractivity contribution in [3.8, 4) is 22.6 Å². The monoisotopic (exact) mass is 354 g/mol. The van der Waals surface area contributed by atoms with E-state index in [9.17, 15) is 29.7 Å². The summed E-state index contributed by atoms with van der Waals surface area (Å²) in [6, 6.07) is 2.15. The molecule has 0 saturated carbocycles. The SMILES string of the molecule is COc1cc(-c2c(C(=O)O)c(N)[nH]c(=O)c2C(=O)O)c(Cl)cc1O. The first kappa shape index (κ1) is 17.2. The Labute approximate surface area is 138 Å². The number of nitrogen functional groups attached to an aromatic ring is 1. The second-order valence-electron chi connectivity index (χ2n) is 4.61. The fraction of sp³-hybridized carbons (Fsp3) is 0.0714. The van der Waals surface area contributed by atoms with Crippen molar-refractivity contribution in [3.63, 3.8) is 0 Å². The molecule has 0 bridgehead atoms. The number of rotatable bonds is 4. The van der Waals surface area contributed by atoms with E-state index in [1.54, 1.807) is 0 Å². The number of nitrogens with two attached hydrogens (primary N) is 1. The molecule has 1 heterocycles. The minimum Gasteiger partial charge on any atom is -0.504 e. The summed E-state index contributed by atoms with van der Waals surface area (Å²) in [5.41, 5.74) is 2.32. The maximum atomic E-state index is 12.0. The number of ether oxygens (including phenoxy) is 1. The van der Waals surface area contributed by atoms with Crippen LogP contribution in [-0.2, 0) is 0 Å². The van der Waals surface area contributed by atoms with Crippen molar-refractivity contribution in [2.24, 2.45) is 0 Å². The molecule has 10 heteroatoms. The minimum absolute atomic E-state index is 0.0964. The molecular formula is C14H11ClN2O7. The van der Waals surface area contributed by atoms with E-state index in [1.165, 1.54) is 7.11 Å². The minimum atomic E-state index is -1.67. The van der Waals surface area contributed by atoms with Crippen LogP contribution in [-0.4, -0.2) is 39.4 Å². The summed E-state index contributed by atoms with van der Waals surface area (Å²) in [6.07, 6.45) is 0. The Hall–Kier alpha value is -3.20. The Morgan fingerprint density at radius 2 is 1.79 bits per heavy atom. The zero-order valence-corrected chi connectivity index (χ0v) is 12.8. The summed E-state index contributed by atoms with van der Waals surface area (Å²) in [5.74, 6) is -4.21. The predicted molar refractivity (Wildman–Crippen MR) is 84.1 cm³/mol. The van der Waals surface area contributed by atoms with E-state index in [2.05, 4.69) is 0 Å². The Kier molecular flexibility index (Phi) is 4.38. The Morgan fingerprint density at radius 3 is 2.29 bits per heavy atom. The van der Waals surface area contributed by atoms with E-state index >= 15 is 0 Å². The van der Waals surface area contributed by atoms with E-state index in [0.29, 0.717) is 0 Å². The molecule has 1 aromatic heterocycles. The van der Waals surface area contributed by atoms with E-state index in [-0.39, 0.29) is 22.1 Å². The number of aromatic carboxylic acids is 2. The molecule has 0 spiro atoms. The van der Waals surface area contributed by atoms with Crippen molar-refractivity contribution < 1.29 is 29.6 Å². The largest absolute Gasteiger partial charge is 0.504 e. The van der Waals surface area contributed by atoms with Gasteiger partial charge in [0.1, 0.15) is 16.9 Å².